The molecule has 296 valence electrons. The Labute approximate surface area is 316 Å². The zero-order valence-corrected chi connectivity index (χ0v) is 32.2. The quantitative estimate of drug-likeness (QED) is 0.127. The number of esters is 1. The lowest BCUT2D eigenvalue weighted by Crippen LogP contribution is -2.63. The number of carbonyl (C=O) groups is 6. The molecule has 3 rings (SSSR count). The number of hydrogen-bond donors (Lipinski definition) is 4. The van der Waals surface area contributed by atoms with Gasteiger partial charge in [0, 0.05) is 13.0 Å². The molecule has 2 aromatic carbocycles. The van der Waals surface area contributed by atoms with Crippen molar-refractivity contribution < 1.29 is 52.8 Å². The van der Waals surface area contributed by atoms with Crippen LogP contribution in [0.4, 0.5) is 4.79 Å². The molecule has 0 unspecified atom stereocenters. The van der Waals surface area contributed by atoms with Crippen molar-refractivity contribution in [3.05, 3.63) is 59.7 Å². The van der Waals surface area contributed by atoms with Crippen LogP contribution in [0.15, 0.2) is 48.5 Å². The first-order chi connectivity index (χ1) is 25.5. The highest BCUT2D eigenvalue weighted by Gasteiger charge is 2.41. The third-order valence-corrected chi connectivity index (χ3v) is 9.06. The van der Waals surface area contributed by atoms with Gasteiger partial charge in [-0.3, -0.25) is 14.4 Å². The fourth-order valence-electron chi connectivity index (χ4n) is 5.90. The van der Waals surface area contributed by atoms with Gasteiger partial charge >= 0.3 is 18.0 Å². The maximum Gasteiger partial charge on any atom is 0.408 e. The second-order valence-electron chi connectivity index (χ2n) is 14.3. The second kappa shape index (κ2) is 19.7. The van der Waals surface area contributed by atoms with E-state index < -0.39 is 65.0 Å². The van der Waals surface area contributed by atoms with E-state index in [2.05, 4.69) is 16.0 Å². The van der Waals surface area contributed by atoms with Crippen LogP contribution in [0.3, 0.4) is 0 Å². The zero-order chi connectivity index (χ0) is 40.1. The van der Waals surface area contributed by atoms with Gasteiger partial charge in [0.05, 0.1) is 26.4 Å². The molecule has 0 spiro atoms. The Bertz CT molecular complexity index is 1630. The van der Waals surface area contributed by atoms with Crippen LogP contribution in [-0.4, -0.2) is 102 Å². The predicted octanol–water partition coefficient (Wildman–Crippen LogP) is 4.01. The number of hydrogen-bond acceptors (Lipinski definition) is 10. The lowest BCUT2D eigenvalue weighted by atomic mass is 9.94. The van der Waals surface area contributed by atoms with Crippen LogP contribution >= 0.6 is 0 Å². The molecule has 4 atom stereocenters. The summed E-state index contributed by atoms with van der Waals surface area (Å²) in [7, 11) is 2.95. The maximum atomic E-state index is 14.1. The largest absolute Gasteiger partial charge is 0.493 e. The molecule has 1 aliphatic rings. The minimum Gasteiger partial charge on any atom is -0.493 e. The Balaban J connectivity index is 1.79. The SMILES string of the molecule is CC[C@](C)(NC(=O)[C@H](CCCCOC(=O)c1ccccc1)NC(=O)OC(C)(C)C)C(=O)N[C@@H](Cc1ccc(OC)c(OC)c1)C(=O)N1CCC[C@@H]1C(=O)O. The predicted molar refractivity (Wildman–Crippen MR) is 198 cm³/mol. The summed E-state index contributed by atoms with van der Waals surface area (Å²) in [5.41, 5.74) is -1.40. The van der Waals surface area contributed by atoms with Gasteiger partial charge in [-0.25, -0.2) is 14.4 Å². The summed E-state index contributed by atoms with van der Waals surface area (Å²) in [4.78, 5) is 80.3. The van der Waals surface area contributed by atoms with Crippen molar-refractivity contribution in [3.8, 4) is 11.5 Å². The van der Waals surface area contributed by atoms with Crippen molar-refractivity contribution in [1.82, 2.24) is 20.9 Å². The number of carbonyl (C=O) groups excluding carboxylic acids is 5. The number of carboxylic acid groups (broad SMARTS) is 1. The van der Waals surface area contributed by atoms with E-state index in [1.165, 1.54) is 26.0 Å². The minimum absolute atomic E-state index is 0.0147. The van der Waals surface area contributed by atoms with E-state index in [0.717, 1.165) is 0 Å². The van der Waals surface area contributed by atoms with Crippen molar-refractivity contribution >= 4 is 35.8 Å². The number of ether oxygens (including phenoxy) is 4. The molecule has 0 radical (unpaired) electrons. The fraction of sp³-hybridized carbons (Fsp3) is 0.538. The van der Waals surface area contributed by atoms with Crippen LogP contribution in [0, 0.1) is 0 Å². The Kier molecular flexibility index (Phi) is 15.7. The molecule has 1 fully saturated rings. The lowest BCUT2D eigenvalue weighted by Gasteiger charge is -2.34. The molecule has 0 saturated carbocycles. The number of alkyl carbamates (subject to hydrolysis) is 1. The summed E-state index contributed by atoms with van der Waals surface area (Å²) in [5.74, 6) is -2.69. The number of amides is 4. The standard InChI is InChI=1S/C39H54N4O11/c1-8-39(5,42-32(44)27(41-37(50)54-38(2,3)4)17-12-13-22-53-35(48)26-15-10-9-11-16-26)36(49)40-28(33(45)43-21-14-18-29(43)34(46)47)23-25-19-20-30(51-6)31(24-25)52-7/h9-11,15-16,19-20,24,27-29H,8,12-14,17-18,21-23H2,1-7H3,(H,40,49)(H,41,50)(H,42,44)(H,46,47)/t27-,28-,29+,39-/m0/s1. The summed E-state index contributed by atoms with van der Waals surface area (Å²) in [6.07, 6.45) is 0.899. The number of carboxylic acids is 1. The third-order valence-electron chi connectivity index (χ3n) is 9.06. The highest BCUT2D eigenvalue weighted by atomic mass is 16.6. The molecule has 4 N–H and O–H groups in total. The topological polar surface area (TPSA) is 199 Å². The first kappa shape index (κ1) is 43.1. The van der Waals surface area contributed by atoms with Crippen LogP contribution < -0.4 is 25.4 Å². The van der Waals surface area contributed by atoms with Crippen LogP contribution in [0.5, 0.6) is 11.5 Å². The van der Waals surface area contributed by atoms with E-state index in [1.54, 1.807) is 76.2 Å². The molecule has 4 amide bonds. The Morgan fingerprint density at radius 1 is 0.907 bits per heavy atom. The first-order valence-corrected chi connectivity index (χ1v) is 18.1. The van der Waals surface area contributed by atoms with E-state index in [1.807, 2.05) is 0 Å². The smallest absolute Gasteiger partial charge is 0.408 e. The summed E-state index contributed by atoms with van der Waals surface area (Å²) in [6, 6.07) is 10.2. The Morgan fingerprint density at radius 2 is 1.59 bits per heavy atom. The molecular weight excluding hydrogens is 700 g/mol. The van der Waals surface area contributed by atoms with Crippen molar-refractivity contribution in [2.45, 2.75) is 109 Å². The van der Waals surface area contributed by atoms with Crippen LogP contribution in [0.25, 0.3) is 0 Å². The average molecular weight is 755 g/mol. The number of nitrogens with one attached hydrogen (secondary N) is 3. The van der Waals surface area contributed by atoms with Crippen molar-refractivity contribution in [3.63, 3.8) is 0 Å². The summed E-state index contributed by atoms with van der Waals surface area (Å²) in [6.45, 7) is 8.52. The monoisotopic (exact) mass is 754 g/mol. The number of likely N-dealkylation sites (tertiary alicyclic amines) is 1. The van der Waals surface area contributed by atoms with E-state index in [-0.39, 0.29) is 38.8 Å². The van der Waals surface area contributed by atoms with Crippen LogP contribution in [-0.2, 0) is 35.1 Å². The lowest BCUT2D eigenvalue weighted by molar-refractivity contribution is -0.149. The number of benzene rings is 2. The number of rotatable bonds is 18. The molecule has 15 nitrogen and oxygen atoms in total. The molecular formula is C39H54N4O11. The molecule has 1 saturated heterocycles. The highest BCUT2D eigenvalue weighted by molar-refractivity contribution is 5.97. The molecule has 0 bridgehead atoms. The van der Waals surface area contributed by atoms with Gasteiger partial charge < -0.3 is 44.9 Å². The van der Waals surface area contributed by atoms with E-state index >= 15 is 0 Å². The van der Waals surface area contributed by atoms with Crippen molar-refractivity contribution in [1.29, 1.82) is 0 Å². The zero-order valence-electron chi connectivity index (χ0n) is 32.2. The van der Waals surface area contributed by atoms with E-state index in [4.69, 9.17) is 18.9 Å². The number of nitrogens with zero attached hydrogens (tertiary/aromatic N) is 1. The highest BCUT2D eigenvalue weighted by Crippen LogP contribution is 2.29. The summed E-state index contributed by atoms with van der Waals surface area (Å²) >= 11 is 0. The van der Waals surface area contributed by atoms with E-state index in [9.17, 15) is 33.9 Å². The molecule has 2 aromatic rings. The van der Waals surface area contributed by atoms with Gasteiger partial charge in [0.2, 0.25) is 17.7 Å². The Hall–Kier alpha value is -5.34. The normalized spacial score (nSPS) is 16.2. The molecule has 0 aromatic heterocycles. The van der Waals surface area contributed by atoms with Crippen molar-refractivity contribution in [2.75, 3.05) is 27.4 Å². The van der Waals surface area contributed by atoms with Gasteiger partial charge in [-0.1, -0.05) is 31.2 Å². The third kappa shape index (κ3) is 12.4. The van der Waals surface area contributed by atoms with Gasteiger partial charge in [-0.15, -0.1) is 0 Å². The van der Waals surface area contributed by atoms with Gasteiger partial charge in [0.15, 0.2) is 11.5 Å². The first-order valence-electron chi connectivity index (χ1n) is 18.1. The minimum atomic E-state index is -1.57. The Morgan fingerprint density at radius 3 is 2.20 bits per heavy atom. The molecule has 1 aliphatic heterocycles. The van der Waals surface area contributed by atoms with Gasteiger partial charge in [0.25, 0.3) is 0 Å². The average Bonchev–Trinajstić information content (AvgIpc) is 3.63. The second-order valence-corrected chi connectivity index (χ2v) is 14.3. The van der Waals surface area contributed by atoms with Crippen LogP contribution in [0.2, 0.25) is 0 Å². The van der Waals surface area contributed by atoms with Gasteiger partial charge in [-0.2, -0.15) is 0 Å². The van der Waals surface area contributed by atoms with Crippen LogP contribution in [0.1, 0.15) is 89.1 Å². The molecule has 0 aliphatic carbocycles. The number of unbranched alkanes of at least 4 members (excludes halogenated alkanes) is 1. The summed E-state index contributed by atoms with van der Waals surface area (Å²) in [5, 5.41) is 18.0. The van der Waals surface area contributed by atoms with Crippen molar-refractivity contribution in [2.24, 2.45) is 0 Å². The molecule has 15 heteroatoms. The maximum absolute atomic E-state index is 14.1. The molecule has 1 heterocycles. The fourth-order valence-corrected chi connectivity index (χ4v) is 5.90. The van der Waals surface area contributed by atoms with Gasteiger partial charge in [0.1, 0.15) is 29.3 Å². The number of aliphatic carboxylic acids is 1. The van der Waals surface area contributed by atoms with E-state index in [0.29, 0.717) is 41.9 Å². The number of methoxy groups -OCH3 is 2. The summed E-state index contributed by atoms with van der Waals surface area (Å²) < 4.78 is 21.5. The van der Waals surface area contributed by atoms with Gasteiger partial charge in [-0.05, 0) is 96.0 Å². The molecule has 54 heavy (non-hydrogen) atoms.